The molecule has 1 N–H and O–H groups in total. The summed E-state index contributed by atoms with van der Waals surface area (Å²) in [6.45, 7) is 6.70. The van der Waals surface area contributed by atoms with Gasteiger partial charge in [-0.25, -0.2) is 0 Å². The molecule has 2 nitrogen and oxygen atoms in total. The summed E-state index contributed by atoms with van der Waals surface area (Å²) in [7, 11) is 0. The van der Waals surface area contributed by atoms with Crippen LogP contribution in [0.1, 0.15) is 52.9 Å². The third kappa shape index (κ3) is 1.35. The van der Waals surface area contributed by atoms with E-state index >= 15 is 0 Å². The second-order valence-electron chi connectivity index (χ2n) is 5.83. The highest BCUT2D eigenvalue weighted by Gasteiger charge is 2.53. The van der Waals surface area contributed by atoms with E-state index in [1.54, 1.807) is 0 Å². The Bertz CT molecular complexity index is 259. The van der Waals surface area contributed by atoms with Crippen molar-refractivity contribution >= 4 is 5.91 Å². The van der Waals surface area contributed by atoms with Gasteiger partial charge in [0.15, 0.2) is 0 Å². The maximum absolute atomic E-state index is 11.5. The van der Waals surface area contributed by atoms with Gasteiger partial charge in [-0.05, 0) is 32.6 Å². The van der Waals surface area contributed by atoms with Gasteiger partial charge in [-0.15, -0.1) is 0 Å². The van der Waals surface area contributed by atoms with Gasteiger partial charge in [-0.1, -0.05) is 19.8 Å². The normalized spacial score (nSPS) is 41.4. The minimum atomic E-state index is 0.0127. The maximum atomic E-state index is 11.5. The fraction of sp³-hybridized carbons (Fsp3) is 0.917. The van der Waals surface area contributed by atoms with E-state index in [2.05, 4.69) is 26.1 Å². The Morgan fingerprint density at radius 3 is 2.64 bits per heavy atom. The van der Waals surface area contributed by atoms with Crippen LogP contribution in [-0.4, -0.2) is 11.4 Å². The monoisotopic (exact) mass is 195 g/mol. The van der Waals surface area contributed by atoms with Gasteiger partial charge in [0.25, 0.3) is 0 Å². The minimum absolute atomic E-state index is 0.0127. The molecule has 0 radical (unpaired) electrons. The van der Waals surface area contributed by atoms with Gasteiger partial charge in [0, 0.05) is 17.4 Å². The molecule has 14 heavy (non-hydrogen) atoms. The molecule has 2 rings (SSSR count). The van der Waals surface area contributed by atoms with Crippen LogP contribution >= 0.6 is 0 Å². The van der Waals surface area contributed by atoms with E-state index in [9.17, 15) is 4.79 Å². The van der Waals surface area contributed by atoms with E-state index in [0.29, 0.717) is 0 Å². The van der Waals surface area contributed by atoms with Crippen molar-refractivity contribution in [2.24, 2.45) is 11.3 Å². The number of carbonyl (C=O) groups is 1. The average molecular weight is 195 g/mol. The molecule has 0 aromatic heterocycles. The lowest BCUT2D eigenvalue weighted by atomic mass is 9.61. The summed E-state index contributed by atoms with van der Waals surface area (Å²) >= 11 is 0. The molecule has 80 valence electrons. The minimum Gasteiger partial charge on any atom is -0.351 e. The van der Waals surface area contributed by atoms with Crippen LogP contribution in [0.2, 0.25) is 0 Å². The Hall–Kier alpha value is -0.530. The first-order valence-electron chi connectivity index (χ1n) is 5.76. The summed E-state index contributed by atoms with van der Waals surface area (Å²) in [4.78, 5) is 11.5. The summed E-state index contributed by atoms with van der Waals surface area (Å²) < 4.78 is 0. The third-order valence-corrected chi connectivity index (χ3v) is 4.37. The van der Waals surface area contributed by atoms with Crippen molar-refractivity contribution < 1.29 is 4.79 Å². The molecule has 1 amide bonds. The van der Waals surface area contributed by atoms with Crippen LogP contribution in [0.4, 0.5) is 0 Å². The zero-order valence-corrected chi connectivity index (χ0v) is 9.52. The Balaban J connectivity index is 2.25. The van der Waals surface area contributed by atoms with Crippen molar-refractivity contribution in [2.45, 2.75) is 58.4 Å². The summed E-state index contributed by atoms with van der Waals surface area (Å²) in [6.07, 6.45) is 5.83. The van der Waals surface area contributed by atoms with Crippen LogP contribution in [0, 0.1) is 11.3 Å². The molecule has 1 saturated carbocycles. The van der Waals surface area contributed by atoms with Crippen molar-refractivity contribution in [3.63, 3.8) is 0 Å². The molecule has 2 atom stereocenters. The predicted molar refractivity (Wildman–Crippen MR) is 56.9 cm³/mol. The molecule has 1 aliphatic carbocycles. The van der Waals surface area contributed by atoms with Gasteiger partial charge in [-0.2, -0.15) is 0 Å². The van der Waals surface area contributed by atoms with E-state index in [0.717, 1.165) is 12.3 Å². The fourth-order valence-corrected chi connectivity index (χ4v) is 3.44. The number of rotatable bonds is 0. The van der Waals surface area contributed by atoms with Gasteiger partial charge in [-0.3, -0.25) is 4.79 Å². The van der Waals surface area contributed by atoms with Gasteiger partial charge in [0.05, 0.1) is 0 Å². The second kappa shape index (κ2) is 2.98. The van der Waals surface area contributed by atoms with E-state index in [4.69, 9.17) is 0 Å². The van der Waals surface area contributed by atoms with Crippen LogP contribution in [0.15, 0.2) is 0 Å². The Morgan fingerprint density at radius 1 is 1.43 bits per heavy atom. The van der Waals surface area contributed by atoms with Gasteiger partial charge < -0.3 is 5.32 Å². The number of hydrogen-bond acceptors (Lipinski definition) is 1. The van der Waals surface area contributed by atoms with Crippen LogP contribution in [-0.2, 0) is 4.79 Å². The number of hydrogen-bond donors (Lipinski definition) is 1. The van der Waals surface area contributed by atoms with Crippen LogP contribution < -0.4 is 5.32 Å². The summed E-state index contributed by atoms with van der Waals surface area (Å²) in [5.74, 6) is 1.04. The van der Waals surface area contributed by atoms with Crippen molar-refractivity contribution in [3.05, 3.63) is 0 Å². The second-order valence-corrected chi connectivity index (χ2v) is 5.83. The molecule has 1 spiro atoms. The number of amides is 1. The summed E-state index contributed by atoms with van der Waals surface area (Å²) in [5.41, 5.74) is 0.264. The SMILES string of the molecule is CC1CCCC2(CC(=O)NC2(C)C)C1. The van der Waals surface area contributed by atoms with Crippen molar-refractivity contribution in [1.82, 2.24) is 5.32 Å². The molecular formula is C12H21NO. The largest absolute Gasteiger partial charge is 0.351 e. The lowest BCUT2D eigenvalue weighted by Gasteiger charge is -2.45. The van der Waals surface area contributed by atoms with Gasteiger partial charge in [0.1, 0.15) is 0 Å². The molecule has 2 unspecified atom stereocenters. The molecule has 0 bridgehead atoms. The van der Waals surface area contributed by atoms with Gasteiger partial charge >= 0.3 is 0 Å². The Kier molecular flexibility index (Phi) is 2.13. The zero-order chi connectivity index (χ0) is 10.4. The van der Waals surface area contributed by atoms with Crippen LogP contribution in [0.25, 0.3) is 0 Å². The zero-order valence-electron chi connectivity index (χ0n) is 9.52. The van der Waals surface area contributed by atoms with Crippen molar-refractivity contribution in [3.8, 4) is 0 Å². The maximum Gasteiger partial charge on any atom is 0.221 e. The van der Waals surface area contributed by atoms with E-state index in [1.165, 1.54) is 25.7 Å². The summed E-state index contributed by atoms with van der Waals surface area (Å²) in [6, 6.07) is 0. The average Bonchev–Trinajstić information content (AvgIpc) is 2.20. The third-order valence-electron chi connectivity index (χ3n) is 4.37. The number of carbonyl (C=O) groups excluding carboxylic acids is 1. The van der Waals surface area contributed by atoms with Crippen molar-refractivity contribution in [1.29, 1.82) is 0 Å². The highest BCUT2D eigenvalue weighted by molar-refractivity contribution is 5.80. The highest BCUT2D eigenvalue weighted by atomic mass is 16.2. The lowest BCUT2D eigenvalue weighted by molar-refractivity contribution is -0.120. The molecule has 2 heteroatoms. The standard InChI is InChI=1S/C12H21NO/c1-9-5-4-6-12(7-9)8-10(14)13-11(12,2)3/h9H,4-8H2,1-3H3,(H,13,14). The predicted octanol–water partition coefficient (Wildman–Crippen LogP) is 2.48. The lowest BCUT2D eigenvalue weighted by Crippen LogP contribution is -2.48. The number of nitrogens with one attached hydrogen (secondary N) is 1. The molecule has 1 saturated heterocycles. The molecule has 0 aromatic rings. The van der Waals surface area contributed by atoms with E-state index in [-0.39, 0.29) is 16.9 Å². The molecule has 2 fully saturated rings. The molecule has 2 aliphatic rings. The summed E-state index contributed by atoms with van der Waals surface area (Å²) in [5, 5.41) is 3.14. The van der Waals surface area contributed by atoms with E-state index < -0.39 is 0 Å². The Morgan fingerprint density at radius 2 is 2.14 bits per heavy atom. The van der Waals surface area contributed by atoms with Crippen LogP contribution in [0.5, 0.6) is 0 Å². The smallest absolute Gasteiger partial charge is 0.221 e. The Labute approximate surface area is 86.5 Å². The van der Waals surface area contributed by atoms with Gasteiger partial charge in [0.2, 0.25) is 5.91 Å². The van der Waals surface area contributed by atoms with Crippen molar-refractivity contribution in [2.75, 3.05) is 0 Å². The molecule has 0 aromatic carbocycles. The quantitative estimate of drug-likeness (QED) is 0.632. The van der Waals surface area contributed by atoms with Crippen LogP contribution in [0.3, 0.4) is 0 Å². The molecule has 1 heterocycles. The first-order chi connectivity index (χ1) is 6.45. The fourth-order valence-electron chi connectivity index (χ4n) is 3.44. The molecule has 1 aliphatic heterocycles. The topological polar surface area (TPSA) is 29.1 Å². The molecular weight excluding hydrogens is 174 g/mol. The first kappa shape index (κ1) is 10.0. The first-order valence-corrected chi connectivity index (χ1v) is 5.76. The van der Waals surface area contributed by atoms with E-state index in [1.807, 2.05) is 0 Å². The highest BCUT2D eigenvalue weighted by Crippen LogP contribution is 2.52.